The number of rotatable bonds is 9. The molecule has 2 fully saturated rings. The second-order valence-corrected chi connectivity index (χ2v) is 9.80. The number of aliphatic hydroxyl groups is 2. The van der Waals surface area contributed by atoms with Crippen LogP contribution in [0, 0.1) is 11.8 Å². The zero-order valence-corrected chi connectivity index (χ0v) is 19.7. The Balaban J connectivity index is 1.48. The predicted octanol–water partition coefficient (Wildman–Crippen LogP) is 3.53. The van der Waals surface area contributed by atoms with Gasteiger partial charge in [0.15, 0.2) is 0 Å². The standard InChI is InChI=1S/C25H35F2N3O4/c1-25(32,17-31)22-3-2-8-29(16-22)14-20-5-4-19(11-23(20)34-24(26)27)21-12-28-30(15-21)13-18-6-9-33-10-7-18/h4-5,11-12,15,18,22,24,31-32H,2-3,6-10,13-14,16-17H2,1H3/t22-,25+/m0/s1. The van der Waals surface area contributed by atoms with Crippen molar-refractivity contribution in [3.05, 3.63) is 36.2 Å². The van der Waals surface area contributed by atoms with Gasteiger partial charge in [-0.15, -0.1) is 0 Å². The van der Waals surface area contributed by atoms with E-state index in [0.29, 0.717) is 24.6 Å². The fourth-order valence-electron chi connectivity index (χ4n) is 4.95. The number of aromatic nitrogens is 2. The Morgan fingerprint density at radius 3 is 2.76 bits per heavy atom. The van der Waals surface area contributed by atoms with Crippen molar-refractivity contribution in [1.29, 1.82) is 0 Å². The van der Waals surface area contributed by atoms with Crippen LogP contribution in [0.5, 0.6) is 5.75 Å². The van der Waals surface area contributed by atoms with E-state index in [0.717, 1.165) is 63.1 Å². The van der Waals surface area contributed by atoms with Crippen LogP contribution >= 0.6 is 0 Å². The smallest absolute Gasteiger partial charge is 0.387 e. The number of hydrogen-bond donors (Lipinski definition) is 2. The summed E-state index contributed by atoms with van der Waals surface area (Å²) in [5.41, 5.74) is 1.14. The number of likely N-dealkylation sites (tertiary alicyclic amines) is 1. The van der Waals surface area contributed by atoms with E-state index < -0.39 is 12.2 Å². The molecule has 7 nitrogen and oxygen atoms in total. The van der Waals surface area contributed by atoms with Gasteiger partial charge in [0.25, 0.3) is 0 Å². The van der Waals surface area contributed by atoms with E-state index in [-0.39, 0.29) is 18.3 Å². The Labute approximate surface area is 199 Å². The number of nitrogens with zero attached hydrogens (tertiary/aromatic N) is 3. The summed E-state index contributed by atoms with van der Waals surface area (Å²) in [5, 5.41) is 24.4. The monoisotopic (exact) mass is 479 g/mol. The minimum Gasteiger partial charge on any atom is -0.434 e. The molecule has 1 aromatic heterocycles. The number of halogens is 2. The van der Waals surface area contributed by atoms with E-state index >= 15 is 0 Å². The van der Waals surface area contributed by atoms with Gasteiger partial charge in [0.2, 0.25) is 0 Å². The van der Waals surface area contributed by atoms with Gasteiger partial charge in [-0.05, 0) is 56.7 Å². The lowest BCUT2D eigenvalue weighted by atomic mass is 9.83. The molecular formula is C25H35F2N3O4. The van der Waals surface area contributed by atoms with Crippen LogP contribution in [0.2, 0.25) is 0 Å². The summed E-state index contributed by atoms with van der Waals surface area (Å²) in [7, 11) is 0. The second kappa shape index (κ2) is 11.1. The fraction of sp³-hybridized carbons (Fsp3) is 0.640. The van der Waals surface area contributed by atoms with Crippen molar-refractivity contribution in [2.45, 2.75) is 57.9 Å². The summed E-state index contributed by atoms with van der Waals surface area (Å²) in [5.74, 6) is 0.605. The van der Waals surface area contributed by atoms with Gasteiger partial charge >= 0.3 is 6.61 Å². The molecular weight excluding hydrogens is 444 g/mol. The van der Waals surface area contributed by atoms with Gasteiger partial charge in [-0.25, -0.2) is 0 Å². The summed E-state index contributed by atoms with van der Waals surface area (Å²) in [4.78, 5) is 2.12. The van der Waals surface area contributed by atoms with E-state index in [1.165, 1.54) is 0 Å². The average molecular weight is 480 g/mol. The molecule has 0 spiro atoms. The third-order valence-corrected chi connectivity index (χ3v) is 7.13. The molecule has 2 atom stereocenters. The molecule has 0 aliphatic carbocycles. The first-order valence-corrected chi connectivity index (χ1v) is 12.1. The van der Waals surface area contributed by atoms with Gasteiger partial charge in [-0.2, -0.15) is 13.9 Å². The molecule has 188 valence electrons. The predicted molar refractivity (Wildman–Crippen MR) is 124 cm³/mol. The topological polar surface area (TPSA) is 80.0 Å². The first-order chi connectivity index (χ1) is 16.3. The number of ether oxygens (including phenoxy) is 2. The van der Waals surface area contributed by atoms with Crippen LogP contribution in [0.3, 0.4) is 0 Å². The fourth-order valence-corrected chi connectivity index (χ4v) is 4.95. The highest BCUT2D eigenvalue weighted by molar-refractivity contribution is 5.64. The van der Waals surface area contributed by atoms with Crippen LogP contribution < -0.4 is 4.74 Å². The van der Waals surface area contributed by atoms with E-state index in [1.54, 1.807) is 19.2 Å². The minimum absolute atomic E-state index is 0.0773. The van der Waals surface area contributed by atoms with Crippen molar-refractivity contribution in [1.82, 2.24) is 14.7 Å². The lowest BCUT2D eigenvalue weighted by Gasteiger charge is -2.39. The van der Waals surface area contributed by atoms with Crippen LogP contribution in [0.1, 0.15) is 38.2 Å². The molecule has 2 aliphatic rings. The molecule has 2 aliphatic heterocycles. The highest BCUT2D eigenvalue weighted by atomic mass is 19.3. The number of benzene rings is 1. The Morgan fingerprint density at radius 1 is 1.24 bits per heavy atom. The van der Waals surface area contributed by atoms with E-state index in [1.807, 2.05) is 23.0 Å². The zero-order valence-electron chi connectivity index (χ0n) is 19.7. The summed E-state index contributed by atoms with van der Waals surface area (Å²) >= 11 is 0. The number of piperidine rings is 1. The quantitative estimate of drug-likeness (QED) is 0.573. The van der Waals surface area contributed by atoms with Gasteiger partial charge in [-0.1, -0.05) is 12.1 Å². The first-order valence-electron chi connectivity index (χ1n) is 12.1. The van der Waals surface area contributed by atoms with Gasteiger partial charge in [0.05, 0.1) is 18.4 Å². The lowest BCUT2D eigenvalue weighted by molar-refractivity contribution is -0.0702. The van der Waals surface area contributed by atoms with Crippen LogP contribution in [-0.4, -0.2) is 70.0 Å². The summed E-state index contributed by atoms with van der Waals surface area (Å²) in [6.07, 6.45) is 7.43. The third-order valence-electron chi connectivity index (χ3n) is 7.13. The summed E-state index contributed by atoms with van der Waals surface area (Å²) in [6.45, 7) is 2.61. The normalized spacial score (nSPS) is 22.1. The van der Waals surface area contributed by atoms with Gasteiger partial charge in [-0.3, -0.25) is 9.58 Å². The average Bonchev–Trinajstić information content (AvgIpc) is 3.29. The van der Waals surface area contributed by atoms with E-state index in [2.05, 4.69) is 10.00 Å². The molecule has 0 saturated carbocycles. The maximum atomic E-state index is 13.2. The third kappa shape index (κ3) is 6.33. The number of alkyl halides is 2. The number of hydrogen-bond acceptors (Lipinski definition) is 6. The maximum Gasteiger partial charge on any atom is 0.387 e. The highest BCUT2D eigenvalue weighted by Crippen LogP contribution is 2.32. The van der Waals surface area contributed by atoms with Crippen LogP contribution in [-0.2, 0) is 17.8 Å². The van der Waals surface area contributed by atoms with Crippen molar-refractivity contribution < 1.29 is 28.5 Å². The van der Waals surface area contributed by atoms with Crippen LogP contribution in [0.15, 0.2) is 30.6 Å². The second-order valence-electron chi connectivity index (χ2n) is 9.80. The Kier molecular flexibility index (Phi) is 8.18. The van der Waals surface area contributed by atoms with Crippen LogP contribution in [0.4, 0.5) is 8.78 Å². The lowest BCUT2D eigenvalue weighted by Crippen LogP contribution is -2.47. The molecule has 9 heteroatoms. The zero-order chi connectivity index (χ0) is 24.1. The number of aliphatic hydroxyl groups excluding tert-OH is 1. The first kappa shape index (κ1) is 25.0. The summed E-state index contributed by atoms with van der Waals surface area (Å²) < 4.78 is 38.7. The van der Waals surface area contributed by atoms with Crippen molar-refractivity contribution in [3.63, 3.8) is 0 Å². The van der Waals surface area contributed by atoms with Gasteiger partial charge < -0.3 is 19.7 Å². The Morgan fingerprint density at radius 2 is 2.03 bits per heavy atom. The molecule has 4 rings (SSSR count). The molecule has 2 N–H and O–H groups in total. The molecule has 0 radical (unpaired) electrons. The largest absolute Gasteiger partial charge is 0.434 e. The SMILES string of the molecule is C[C@@](O)(CO)[C@H]1CCCN(Cc2ccc(-c3cnn(CC4CCOCC4)c3)cc2OC(F)F)C1. The highest BCUT2D eigenvalue weighted by Gasteiger charge is 2.34. The maximum absolute atomic E-state index is 13.2. The Bertz CT molecular complexity index is 931. The van der Waals surface area contributed by atoms with Crippen molar-refractivity contribution >= 4 is 0 Å². The molecule has 1 aromatic carbocycles. The molecule has 0 bridgehead atoms. The Hall–Kier alpha value is -2.07. The van der Waals surface area contributed by atoms with Gasteiger partial charge in [0.1, 0.15) is 5.75 Å². The van der Waals surface area contributed by atoms with Crippen molar-refractivity contribution in [2.24, 2.45) is 11.8 Å². The van der Waals surface area contributed by atoms with Crippen molar-refractivity contribution in [2.75, 3.05) is 32.9 Å². The molecule has 2 aromatic rings. The molecule has 34 heavy (non-hydrogen) atoms. The van der Waals surface area contributed by atoms with E-state index in [9.17, 15) is 19.0 Å². The van der Waals surface area contributed by atoms with Crippen molar-refractivity contribution in [3.8, 4) is 16.9 Å². The molecule has 2 saturated heterocycles. The molecule has 3 heterocycles. The van der Waals surface area contributed by atoms with E-state index in [4.69, 9.17) is 9.47 Å². The minimum atomic E-state index is -2.92. The summed E-state index contributed by atoms with van der Waals surface area (Å²) in [6, 6.07) is 5.40. The van der Waals surface area contributed by atoms with Crippen LogP contribution in [0.25, 0.3) is 11.1 Å². The van der Waals surface area contributed by atoms with Gasteiger partial charge in [0, 0.05) is 56.1 Å². The molecule has 0 unspecified atom stereocenters. The molecule has 0 amide bonds.